The third kappa shape index (κ3) is 3.39. The molecule has 2 aromatic rings. The summed E-state index contributed by atoms with van der Waals surface area (Å²) in [4.78, 5) is 3.68. The summed E-state index contributed by atoms with van der Waals surface area (Å²) in [5.41, 5.74) is 0.383. The number of hydrogen-bond donors (Lipinski definition) is 0. The van der Waals surface area contributed by atoms with Gasteiger partial charge in [0.1, 0.15) is 5.82 Å². The lowest BCUT2D eigenvalue weighted by atomic mass is 10.1. The minimum absolute atomic E-state index is 0.0214. The highest BCUT2D eigenvalue weighted by Crippen LogP contribution is 2.26. The van der Waals surface area contributed by atoms with Gasteiger partial charge < -0.3 is 0 Å². The average Bonchev–Trinajstić information content (AvgIpc) is 2.88. The summed E-state index contributed by atoms with van der Waals surface area (Å²) in [6.45, 7) is -0.195. The third-order valence-corrected chi connectivity index (χ3v) is 6.04. The Labute approximate surface area is 130 Å². The van der Waals surface area contributed by atoms with Gasteiger partial charge in [0, 0.05) is 19.2 Å². The van der Waals surface area contributed by atoms with Gasteiger partial charge in [0.25, 0.3) is 10.0 Å². The number of aromatic nitrogens is 1. The normalized spacial score (nSPS) is 11.6. The number of rotatable bonds is 4. The number of nitriles is 1. The fraction of sp³-hybridized carbons (Fsp3) is 0.167. The lowest BCUT2D eigenvalue weighted by Crippen LogP contribution is -2.26. The second-order valence-electron chi connectivity index (χ2n) is 4.11. The number of benzene rings is 1. The number of thiazole rings is 1. The Balaban J connectivity index is 2.30. The molecule has 0 atom stereocenters. The van der Waals surface area contributed by atoms with E-state index in [9.17, 15) is 12.8 Å². The molecule has 0 aliphatic heterocycles. The molecule has 0 aliphatic rings. The molecule has 0 bridgehead atoms. The van der Waals surface area contributed by atoms with Gasteiger partial charge in [-0.15, -0.1) is 0 Å². The fourth-order valence-corrected chi connectivity index (χ4v) is 4.26. The summed E-state index contributed by atoms with van der Waals surface area (Å²) in [5, 5.41) is 8.80. The predicted octanol–water partition coefficient (Wildman–Crippen LogP) is 2.63. The van der Waals surface area contributed by atoms with Crippen LogP contribution in [0.1, 0.15) is 11.1 Å². The molecule has 0 saturated heterocycles. The van der Waals surface area contributed by atoms with Crippen LogP contribution in [0.2, 0.25) is 4.47 Å². The van der Waals surface area contributed by atoms with Crippen molar-refractivity contribution in [3.05, 3.63) is 45.8 Å². The highest BCUT2D eigenvalue weighted by molar-refractivity contribution is 7.91. The molecule has 0 spiro atoms. The van der Waals surface area contributed by atoms with Gasteiger partial charge in [0.15, 0.2) is 8.68 Å². The first-order chi connectivity index (χ1) is 9.84. The van der Waals surface area contributed by atoms with E-state index in [2.05, 4.69) is 4.98 Å². The Hall–Kier alpha value is -1.53. The van der Waals surface area contributed by atoms with Crippen LogP contribution in [0.5, 0.6) is 0 Å². The molecule has 0 unspecified atom stereocenters. The van der Waals surface area contributed by atoms with Crippen LogP contribution in [0, 0.1) is 17.1 Å². The molecule has 0 aliphatic carbocycles. The van der Waals surface area contributed by atoms with E-state index in [4.69, 9.17) is 16.9 Å². The maximum atomic E-state index is 13.7. The van der Waals surface area contributed by atoms with Crippen LogP contribution in [0.15, 0.2) is 28.6 Å². The van der Waals surface area contributed by atoms with Gasteiger partial charge >= 0.3 is 0 Å². The minimum Gasteiger partial charge on any atom is -0.232 e. The Morgan fingerprint density at radius 1 is 1.52 bits per heavy atom. The molecule has 1 aromatic heterocycles. The smallest absolute Gasteiger partial charge is 0.232 e. The maximum absolute atomic E-state index is 13.7. The second kappa shape index (κ2) is 6.07. The number of sulfonamides is 1. The molecule has 0 saturated carbocycles. The van der Waals surface area contributed by atoms with Crippen molar-refractivity contribution in [2.45, 2.75) is 10.8 Å². The maximum Gasteiger partial charge on any atom is 0.254 e. The van der Waals surface area contributed by atoms with Crippen molar-refractivity contribution in [2.24, 2.45) is 0 Å². The predicted molar refractivity (Wildman–Crippen MR) is 76.9 cm³/mol. The van der Waals surface area contributed by atoms with Crippen molar-refractivity contribution >= 4 is 33.0 Å². The number of halogens is 2. The van der Waals surface area contributed by atoms with Crippen molar-refractivity contribution in [1.29, 1.82) is 5.26 Å². The molecule has 110 valence electrons. The molecule has 0 fully saturated rings. The molecule has 9 heteroatoms. The Kier molecular flexibility index (Phi) is 4.58. The van der Waals surface area contributed by atoms with Gasteiger partial charge in [-0.25, -0.2) is 17.8 Å². The minimum atomic E-state index is -3.80. The summed E-state index contributed by atoms with van der Waals surface area (Å²) in [6.07, 6.45) is 1.15. The molecular formula is C12H9ClFN3O2S2. The third-order valence-electron chi connectivity index (χ3n) is 2.69. The van der Waals surface area contributed by atoms with Crippen LogP contribution >= 0.6 is 22.9 Å². The van der Waals surface area contributed by atoms with Gasteiger partial charge in [-0.05, 0) is 18.2 Å². The summed E-state index contributed by atoms with van der Waals surface area (Å²) in [7, 11) is -2.48. The molecule has 1 heterocycles. The van der Waals surface area contributed by atoms with Crippen LogP contribution < -0.4 is 0 Å². The van der Waals surface area contributed by atoms with E-state index in [1.807, 2.05) is 6.07 Å². The molecule has 5 nitrogen and oxygen atoms in total. The van der Waals surface area contributed by atoms with Crippen LogP contribution in [-0.4, -0.2) is 24.8 Å². The van der Waals surface area contributed by atoms with Crippen molar-refractivity contribution < 1.29 is 12.8 Å². The quantitative estimate of drug-likeness (QED) is 0.853. The van der Waals surface area contributed by atoms with Crippen LogP contribution in [0.25, 0.3) is 0 Å². The van der Waals surface area contributed by atoms with Crippen molar-refractivity contribution in [2.75, 3.05) is 7.05 Å². The van der Waals surface area contributed by atoms with Crippen LogP contribution in [0.3, 0.4) is 0 Å². The monoisotopic (exact) mass is 345 g/mol. The van der Waals surface area contributed by atoms with Gasteiger partial charge in [0.2, 0.25) is 0 Å². The molecule has 0 N–H and O–H groups in total. The Morgan fingerprint density at radius 3 is 2.81 bits per heavy atom. The van der Waals surface area contributed by atoms with Crippen molar-refractivity contribution in [3.63, 3.8) is 0 Å². The molecule has 0 amide bonds. The molecule has 0 radical (unpaired) electrons. The molecule has 1 aromatic carbocycles. The second-order valence-corrected chi connectivity index (χ2v) is 8.00. The van der Waals surface area contributed by atoms with Crippen LogP contribution in [0.4, 0.5) is 4.39 Å². The fourth-order valence-electron chi connectivity index (χ4n) is 1.60. The molecule has 21 heavy (non-hydrogen) atoms. The summed E-state index contributed by atoms with van der Waals surface area (Å²) in [5.74, 6) is -0.571. The zero-order chi connectivity index (χ0) is 15.6. The lowest BCUT2D eigenvalue weighted by molar-refractivity contribution is 0.457. The number of hydrogen-bond acceptors (Lipinski definition) is 5. The first-order valence-corrected chi connectivity index (χ1v) is 8.24. The first kappa shape index (κ1) is 15.9. The van der Waals surface area contributed by atoms with E-state index in [0.29, 0.717) is 0 Å². The van der Waals surface area contributed by atoms with E-state index in [1.165, 1.54) is 19.2 Å². The summed E-state index contributed by atoms with van der Waals surface area (Å²) in [6, 6.07) is 5.67. The highest BCUT2D eigenvalue weighted by atomic mass is 35.5. The SMILES string of the molecule is CN(Cc1cc(C#N)ccc1F)S(=O)(=O)c1cnc(Cl)s1. The zero-order valence-electron chi connectivity index (χ0n) is 10.7. The van der Waals surface area contributed by atoms with Gasteiger partial charge in [-0.3, -0.25) is 0 Å². The molecule has 2 rings (SSSR count). The topological polar surface area (TPSA) is 74.1 Å². The average molecular weight is 346 g/mol. The molecular weight excluding hydrogens is 337 g/mol. The van der Waals surface area contributed by atoms with Crippen molar-refractivity contribution in [3.8, 4) is 6.07 Å². The van der Waals surface area contributed by atoms with E-state index in [1.54, 1.807) is 0 Å². The number of nitrogens with zero attached hydrogens (tertiary/aromatic N) is 3. The Morgan fingerprint density at radius 2 is 2.24 bits per heavy atom. The standard InChI is InChI=1S/C12H9ClFN3O2S2/c1-17(21(18,19)11-6-16-12(13)20-11)7-9-4-8(5-15)2-3-10(9)14/h2-4,6H,7H2,1H3. The van der Waals surface area contributed by atoms with Gasteiger partial charge in [0.05, 0.1) is 17.8 Å². The van der Waals surface area contributed by atoms with Crippen molar-refractivity contribution in [1.82, 2.24) is 9.29 Å². The van der Waals surface area contributed by atoms with E-state index in [-0.39, 0.29) is 26.3 Å². The Bertz CT molecular complexity index is 814. The zero-order valence-corrected chi connectivity index (χ0v) is 13.1. The summed E-state index contributed by atoms with van der Waals surface area (Å²) >= 11 is 6.45. The first-order valence-electron chi connectivity index (χ1n) is 5.61. The highest BCUT2D eigenvalue weighted by Gasteiger charge is 2.24. The van der Waals surface area contributed by atoms with E-state index in [0.717, 1.165) is 27.9 Å². The largest absolute Gasteiger partial charge is 0.254 e. The van der Waals surface area contributed by atoms with E-state index >= 15 is 0 Å². The van der Waals surface area contributed by atoms with Gasteiger partial charge in [-0.1, -0.05) is 22.9 Å². The van der Waals surface area contributed by atoms with E-state index < -0.39 is 15.8 Å². The van der Waals surface area contributed by atoms with Gasteiger partial charge in [-0.2, -0.15) is 9.57 Å². The lowest BCUT2D eigenvalue weighted by Gasteiger charge is -2.16. The summed E-state index contributed by atoms with van der Waals surface area (Å²) < 4.78 is 39.3. The van der Waals surface area contributed by atoms with Crippen LogP contribution in [-0.2, 0) is 16.6 Å².